The van der Waals surface area contributed by atoms with Crippen molar-refractivity contribution in [3.05, 3.63) is 27.7 Å². The lowest BCUT2D eigenvalue weighted by Gasteiger charge is -2.18. The van der Waals surface area contributed by atoms with Gasteiger partial charge in [-0.25, -0.2) is 12.7 Å². The Kier molecular flexibility index (Phi) is 6.42. The fourth-order valence-corrected chi connectivity index (χ4v) is 3.97. The third-order valence-electron chi connectivity index (χ3n) is 2.57. The van der Waals surface area contributed by atoms with Crippen LogP contribution in [0.5, 0.6) is 0 Å². The second-order valence-electron chi connectivity index (χ2n) is 3.85. The minimum absolute atomic E-state index is 0.0359. The molecule has 1 N–H and O–H groups in total. The molecule has 1 aromatic carbocycles. The first kappa shape index (κ1) is 17.1. The van der Waals surface area contributed by atoms with E-state index in [1.807, 2.05) is 6.26 Å². The van der Waals surface area contributed by atoms with Gasteiger partial charge < -0.3 is 5.11 Å². The van der Waals surface area contributed by atoms with E-state index in [0.29, 0.717) is 17.9 Å². The Morgan fingerprint density at radius 2 is 1.95 bits per heavy atom. The van der Waals surface area contributed by atoms with E-state index in [1.165, 1.54) is 23.5 Å². The van der Waals surface area contributed by atoms with Gasteiger partial charge in [-0.15, -0.1) is 0 Å². The van der Waals surface area contributed by atoms with Gasteiger partial charge in [-0.2, -0.15) is 11.8 Å². The zero-order valence-corrected chi connectivity index (χ0v) is 13.7. The number of rotatable bonds is 6. The molecule has 0 radical (unpaired) electrons. The fraction of sp³-hybridized carbons (Fsp3) is 0.455. The first-order chi connectivity index (χ1) is 8.84. The predicted octanol–water partition coefficient (Wildman–Crippen LogP) is 2.47. The quantitative estimate of drug-likeness (QED) is 0.861. The van der Waals surface area contributed by atoms with Crippen LogP contribution >= 0.6 is 35.0 Å². The summed E-state index contributed by atoms with van der Waals surface area (Å²) in [6, 6.07) is 2.65. The molecule has 0 saturated heterocycles. The zero-order chi connectivity index (χ0) is 14.6. The summed E-state index contributed by atoms with van der Waals surface area (Å²) in [6.45, 7) is 0.0456. The molecule has 0 aliphatic rings. The number of hydrogen-bond acceptors (Lipinski definition) is 4. The first-order valence-electron chi connectivity index (χ1n) is 5.38. The molecule has 1 aromatic rings. The van der Waals surface area contributed by atoms with Gasteiger partial charge in [0.25, 0.3) is 0 Å². The number of sulfonamides is 1. The van der Waals surface area contributed by atoms with Crippen LogP contribution < -0.4 is 0 Å². The van der Waals surface area contributed by atoms with Crippen LogP contribution in [0.25, 0.3) is 0 Å². The molecule has 0 saturated carbocycles. The largest absolute Gasteiger partial charge is 0.392 e. The molecule has 0 spiro atoms. The van der Waals surface area contributed by atoms with Crippen molar-refractivity contribution in [1.82, 2.24) is 4.31 Å². The minimum atomic E-state index is -3.67. The fourth-order valence-electron chi connectivity index (χ4n) is 1.40. The van der Waals surface area contributed by atoms with Crippen LogP contribution in [0.1, 0.15) is 5.56 Å². The predicted molar refractivity (Wildman–Crippen MR) is 80.6 cm³/mol. The summed E-state index contributed by atoms with van der Waals surface area (Å²) < 4.78 is 25.9. The Bertz CT molecular complexity index is 549. The molecule has 19 heavy (non-hydrogen) atoms. The third kappa shape index (κ3) is 4.00. The van der Waals surface area contributed by atoms with Crippen molar-refractivity contribution < 1.29 is 13.5 Å². The van der Waals surface area contributed by atoms with Crippen molar-refractivity contribution in [3.63, 3.8) is 0 Å². The van der Waals surface area contributed by atoms with Crippen LogP contribution in [0.15, 0.2) is 17.0 Å². The van der Waals surface area contributed by atoms with Crippen LogP contribution in [-0.2, 0) is 16.6 Å². The summed E-state index contributed by atoms with van der Waals surface area (Å²) in [6.07, 6.45) is 1.90. The summed E-state index contributed by atoms with van der Waals surface area (Å²) in [4.78, 5) is -0.0359. The molecule has 108 valence electrons. The molecule has 0 heterocycles. The molecule has 4 nitrogen and oxygen atoms in total. The third-order valence-corrected chi connectivity index (χ3v) is 5.83. The van der Waals surface area contributed by atoms with E-state index in [9.17, 15) is 8.42 Å². The summed E-state index contributed by atoms with van der Waals surface area (Å²) >= 11 is 13.4. The molecule has 0 bridgehead atoms. The Hall–Kier alpha value is 0.0200. The molecule has 8 heteroatoms. The van der Waals surface area contributed by atoms with E-state index in [0.717, 1.165) is 0 Å². The molecule has 1 rings (SSSR count). The van der Waals surface area contributed by atoms with E-state index in [4.69, 9.17) is 28.3 Å². The molecule has 0 fully saturated rings. The summed E-state index contributed by atoms with van der Waals surface area (Å²) in [5.41, 5.74) is 0.336. The van der Waals surface area contributed by atoms with E-state index in [1.54, 1.807) is 11.8 Å². The van der Waals surface area contributed by atoms with E-state index >= 15 is 0 Å². The van der Waals surface area contributed by atoms with Crippen molar-refractivity contribution in [2.75, 3.05) is 25.6 Å². The molecular weight excluding hydrogens is 329 g/mol. The highest BCUT2D eigenvalue weighted by molar-refractivity contribution is 7.98. The number of benzene rings is 1. The number of aliphatic hydroxyl groups is 1. The number of thioether (sulfide) groups is 1. The molecule has 0 amide bonds. The highest BCUT2D eigenvalue weighted by atomic mass is 35.5. The SMILES string of the molecule is CSCCN(C)S(=O)(=O)c1cc(CO)c(Cl)cc1Cl. The maximum atomic E-state index is 12.3. The maximum Gasteiger partial charge on any atom is 0.244 e. The molecule has 0 aromatic heterocycles. The Morgan fingerprint density at radius 1 is 1.32 bits per heavy atom. The molecule has 0 aliphatic heterocycles. The highest BCUT2D eigenvalue weighted by Gasteiger charge is 2.24. The maximum absolute atomic E-state index is 12.3. The van der Waals surface area contributed by atoms with Crippen LogP contribution in [0.4, 0.5) is 0 Å². The lowest BCUT2D eigenvalue weighted by Crippen LogP contribution is -2.29. The van der Waals surface area contributed by atoms with Gasteiger partial charge in [-0.1, -0.05) is 23.2 Å². The lowest BCUT2D eigenvalue weighted by molar-refractivity contribution is 0.281. The summed E-state index contributed by atoms with van der Waals surface area (Å²) in [5, 5.41) is 9.44. The average molecular weight is 344 g/mol. The molecule has 0 atom stereocenters. The summed E-state index contributed by atoms with van der Waals surface area (Å²) in [5.74, 6) is 0.688. The number of halogens is 2. The molecule has 0 aliphatic carbocycles. The van der Waals surface area contributed by atoms with E-state index in [2.05, 4.69) is 0 Å². The van der Waals surface area contributed by atoms with Gasteiger partial charge in [0.1, 0.15) is 4.90 Å². The van der Waals surface area contributed by atoms with Gasteiger partial charge in [-0.05, 0) is 24.0 Å². The van der Waals surface area contributed by atoms with Gasteiger partial charge in [0, 0.05) is 24.4 Å². The van der Waals surface area contributed by atoms with Gasteiger partial charge in [0.15, 0.2) is 0 Å². The van der Waals surface area contributed by atoms with Crippen molar-refractivity contribution in [2.24, 2.45) is 0 Å². The zero-order valence-electron chi connectivity index (χ0n) is 10.6. The number of nitrogens with zero attached hydrogens (tertiary/aromatic N) is 1. The van der Waals surface area contributed by atoms with Crippen molar-refractivity contribution in [2.45, 2.75) is 11.5 Å². The van der Waals surface area contributed by atoms with Gasteiger partial charge in [0.2, 0.25) is 10.0 Å². The van der Waals surface area contributed by atoms with Crippen LogP contribution in [0.2, 0.25) is 10.0 Å². The Labute approximate surface area is 127 Å². The topological polar surface area (TPSA) is 57.6 Å². The second kappa shape index (κ2) is 7.15. The second-order valence-corrected chi connectivity index (χ2v) is 7.66. The van der Waals surface area contributed by atoms with Crippen molar-refractivity contribution in [1.29, 1.82) is 0 Å². The monoisotopic (exact) mass is 343 g/mol. The smallest absolute Gasteiger partial charge is 0.244 e. The van der Waals surface area contributed by atoms with Gasteiger partial charge in [-0.3, -0.25) is 0 Å². The standard InChI is InChI=1S/C11H15Cl2NO3S2/c1-14(3-4-18-2)19(16,17)11-5-8(7-15)9(12)6-10(11)13/h5-6,15H,3-4,7H2,1-2H3. The highest BCUT2D eigenvalue weighted by Crippen LogP contribution is 2.30. The van der Waals surface area contributed by atoms with Crippen molar-refractivity contribution >= 4 is 45.0 Å². The van der Waals surface area contributed by atoms with E-state index < -0.39 is 10.0 Å². The molecular formula is C11H15Cl2NO3S2. The number of aliphatic hydroxyl groups excluding tert-OH is 1. The Morgan fingerprint density at radius 3 is 2.47 bits per heavy atom. The van der Waals surface area contributed by atoms with Gasteiger partial charge >= 0.3 is 0 Å². The average Bonchev–Trinajstić information content (AvgIpc) is 2.35. The van der Waals surface area contributed by atoms with Crippen molar-refractivity contribution in [3.8, 4) is 0 Å². The lowest BCUT2D eigenvalue weighted by atomic mass is 10.2. The van der Waals surface area contributed by atoms with Gasteiger partial charge in [0.05, 0.1) is 11.6 Å². The van der Waals surface area contributed by atoms with Crippen LogP contribution in [-0.4, -0.2) is 43.4 Å². The normalized spacial score (nSPS) is 12.1. The minimum Gasteiger partial charge on any atom is -0.392 e. The van der Waals surface area contributed by atoms with E-state index in [-0.39, 0.29) is 21.5 Å². The summed E-state index contributed by atoms with van der Waals surface area (Å²) in [7, 11) is -2.18. The Balaban J connectivity index is 3.21. The van der Waals surface area contributed by atoms with Crippen LogP contribution in [0, 0.1) is 0 Å². The molecule has 0 unspecified atom stereocenters. The van der Waals surface area contributed by atoms with Crippen LogP contribution in [0.3, 0.4) is 0 Å². The number of hydrogen-bond donors (Lipinski definition) is 1. The first-order valence-corrected chi connectivity index (χ1v) is 8.97.